The monoisotopic (exact) mass is 315 g/mol. The van der Waals surface area contributed by atoms with Gasteiger partial charge in [0.1, 0.15) is 24.2 Å². The Balaban J connectivity index is 1.38. The van der Waals surface area contributed by atoms with Crippen molar-refractivity contribution in [1.29, 1.82) is 0 Å². The maximum absolute atomic E-state index is 12.0. The fourth-order valence-corrected chi connectivity index (χ4v) is 2.61. The summed E-state index contributed by atoms with van der Waals surface area (Å²) in [6.07, 6.45) is 1.69. The minimum absolute atomic E-state index is 0.0407. The number of carbonyl (C=O) groups excluding carboxylic acids is 1. The molecule has 3 rings (SSSR count). The number of rotatable bonds is 7. The van der Waals surface area contributed by atoms with Gasteiger partial charge in [-0.1, -0.05) is 12.1 Å². The molecule has 122 valence electrons. The van der Waals surface area contributed by atoms with E-state index < -0.39 is 6.10 Å². The summed E-state index contributed by atoms with van der Waals surface area (Å²) in [6.45, 7) is 2.32. The highest BCUT2D eigenvalue weighted by molar-refractivity contribution is 5.82. The third kappa shape index (κ3) is 4.13. The van der Waals surface area contributed by atoms with Crippen LogP contribution in [0.4, 0.5) is 0 Å². The fourth-order valence-electron chi connectivity index (χ4n) is 2.61. The molecule has 1 amide bonds. The molecule has 1 aromatic carbocycles. The number of amides is 1. The number of carbonyl (C=O) groups is 1. The number of furan rings is 1. The minimum atomic E-state index is -0.736. The highest BCUT2D eigenvalue weighted by atomic mass is 16.5. The quantitative estimate of drug-likeness (QED) is 0.822. The molecule has 1 aliphatic rings. The number of aliphatic hydroxyl groups excluding tert-OH is 1. The van der Waals surface area contributed by atoms with Crippen molar-refractivity contribution in [3.8, 4) is 5.75 Å². The van der Waals surface area contributed by atoms with Gasteiger partial charge in [-0.15, -0.1) is 0 Å². The van der Waals surface area contributed by atoms with Gasteiger partial charge in [-0.25, -0.2) is 0 Å². The molecule has 23 heavy (non-hydrogen) atoms. The summed E-state index contributed by atoms with van der Waals surface area (Å²) in [4.78, 5) is 12.0. The molecule has 5 nitrogen and oxygen atoms in total. The maximum atomic E-state index is 12.0. The van der Waals surface area contributed by atoms with E-state index in [1.165, 1.54) is 0 Å². The molecule has 1 saturated carbocycles. The molecule has 3 unspecified atom stereocenters. The second-order valence-electron chi connectivity index (χ2n) is 5.99. The summed E-state index contributed by atoms with van der Waals surface area (Å²) in [6, 6.07) is 11.4. The van der Waals surface area contributed by atoms with Gasteiger partial charge < -0.3 is 19.6 Å². The van der Waals surface area contributed by atoms with Gasteiger partial charge in [-0.2, -0.15) is 0 Å². The van der Waals surface area contributed by atoms with Crippen molar-refractivity contribution in [1.82, 2.24) is 5.32 Å². The van der Waals surface area contributed by atoms with E-state index in [4.69, 9.17) is 9.15 Å². The van der Waals surface area contributed by atoms with Crippen molar-refractivity contribution in [2.75, 3.05) is 13.2 Å². The van der Waals surface area contributed by atoms with Crippen molar-refractivity contribution in [3.05, 3.63) is 54.0 Å². The van der Waals surface area contributed by atoms with Crippen LogP contribution in [0.3, 0.4) is 0 Å². The van der Waals surface area contributed by atoms with Crippen LogP contribution >= 0.6 is 0 Å². The molecule has 1 aliphatic carbocycles. The molecule has 0 saturated heterocycles. The Morgan fingerprint density at radius 3 is 3.04 bits per heavy atom. The zero-order chi connectivity index (χ0) is 16.2. The normalized spacial score (nSPS) is 20.8. The summed E-state index contributed by atoms with van der Waals surface area (Å²) in [5.41, 5.74) is 1.10. The minimum Gasteiger partial charge on any atom is -0.491 e. The largest absolute Gasteiger partial charge is 0.491 e. The summed E-state index contributed by atoms with van der Waals surface area (Å²) >= 11 is 0. The van der Waals surface area contributed by atoms with Crippen LogP contribution in [0.25, 0.3) is 0 Å². The van der Waals surface area contributed by atoms with Crippen LogP contribution in [-0.2, 0) is 4.79 Å². The fraction of sp³-hybridized carbons (Fsp3) is 0.389. The van der Waals surface area contributed by atoms with E-state index in [1.807, 2.05) is 43.3 Å². The van der Waals surface area contributed by atoms with Gasteiger partial charge in [0, 0.05) is 18.4 Å². The SMILES string of the molecule is Cc1cccc(OCC(O)CNC(=O)C2CC2c2ccco2)c1. The molecular weight excluding hydrogens is 294 g/mol. The van der Waals surface area contributed by atoms with Crippen LogP contribution in [0, 0.1) is 12.8 Å². The molecule has 2 N–H and O–H groups in total. The van der Waals surface area contributed by atoms with E-state index in [1.54, 1.807) is 6.26 Å². The number of hydrogen-bond donors (Lipinski definition) is 2. The van der Waals surface area contributed by atoms with Gasteiger partial charge in [0.15, 0.2) is 0 Å². The molecule has 0 spiro atoms. The van der Waals surface area contributed by atoms with E-state index in [0.29, 0.717) is 0 Å². The zero-order valence-corrected chi connectivity index (χ0v) is 13.1. The number of ether oxygens (including phenoxy) is 1. The second kappa shape index (κ2) is 6.87. The van der Waals surface area contributed by atoms with Gasteiger partial charge in [0.25, 0.3) is 0 Å². The molecular formula is C18H21NO4. The first kappa shape index (κ1) is 15.6. The second-order valence-corrected chi connectivity index (χ2v) is 5.99. The number of nitrogens with one attached hydrogen (secondary N) is 1. The molecule has 0 bridgehead atoms. The topological polar surface area (TPSA) is 71.7 Å². The van der Waals surface area contributed by atoms with Crippen LogP contribution in [0.1, 0.15) is 23.7 Å². The van der Waals surface area contributed by atoms with Crippen molar-refractivity contribution in [3.63, 3.8) is 0 Å². The number of aryl methyl sites for hydroxylation is 1. The molecule has 5 heteroatoms. The van der Waals surface area contributed by atoms with Gasteiger partial charge in [-0.3, -0.25) is 4.79 Å². The molecule has 3 atom stereocenters. The van der Waals surface area contributed by atoms with Gasteiger partial charge >= 0.3 is 0 Å². The number of hydrogen-bond acceptors (Lipinski definition) is 4. The zero-order valence-electron chi connectivity index (χ0n) is 13.1. The van der Waals surface area contributed by atoms with Crippen LogP contribution in [0.2, 0.25) is 0 Å². The lowest BCUT2D eigenvalue weighted by molar-refractivity contribution is -0.123. The Hall–Kier alpha value is -2.27. The van der Waals surface area contributed by atoms with E-state index in [9.17, 15) is 9.90 Å². The Morgan fingerprint density at radius 2 is 2.30 bits per heavy atom. The summed E-state index contributed by atoms with van der Waals surface area (Å²) in [7, 11) is 0. The Morgan fingerprint density at radius 1 is 1.43 bits per heavy atom. The Bertz CT molecular complexity index is 653. The van der Waals surface area contributed by atoms with Crippen molar-refractivity contribution in [2.45, 2.75) is 25.4 Å². The van der Waals surface area contributed by atoms with E-state index in [2.05, 4.69) is 5.32 Å². The predicted octanol–water partition coefficient (Wildman–Crippen LogP) is 2.25. The maximum Gasteiger partial charge on any atom is 0.223 e. The molecule has 0 radical (unpaired) electrons. The van der Waals surface area contributed by atoms with Crippen LogP contribution < -0.4 is 10.1 Å². The Labute approximate surface area is 135 Å². The molecule has 1 fully saturated rings. The first-order valence-electron chi connectivity index (χ1n) is 7.82. The Kier molecular flexibility index (Phi) is 4.67. The van der Waals surface area contributed by atoms with E-state index >= 15 is 0 Å². The molecule has 1 heterocycles. The molecule has 0 aliphatic heterocycles. The van der Waals surface area contributed by atoms with Gasteiger partial charge in [0.2, 0.25) is 5.91 Å². The lowest BCUT2D eigenvalue weighted by Crippen LogP contribution is -2.36. The lowest BCUT2D eigenvalue weighted by atomic mass is 10.2. The standard InChI is InChI=1S/C18H21NO4/c1-12-4-2-5-14(8-12)23-11-13(20)10-19-18(21)16-9-15(16)17-6-3-7-22-17/h2-8,13,15-16,20H,9-11H2,1H3,(H,19,21). The average Bonchev–Trinajstić information content (AvgIpc) is 3.16. The van der Waals surface area contributed by atoms with Crippen molar-refractivity contribution in [2.24, 2.45) is 5.92 Å². The third-order valence-electron chi connectivity index (χ3n) is 3.98. The highest BCUT2D eigenvalue weighted by Gasteiger charge is 2.45. The smallest absolute Gasteiger partial charge is 0.223 e. The molecule has 1 aromatic heterocycles. The average molecular weight is 315 g/mol. The predicted molar refractivity (Wildman–Crippen MR) is 85.2 cm³/mol. The van der Waals surface area contributed by atoms with E-state index in [-0.39, 0.29) is 30.9 Å². The first-order valence-corrected chi connectivity index (χ1v) is 7.82. The van der Waals surface area contributed by atoms with Crippen LogP contribution in [0.15, 0.2) is 47.1 Å². The lowest BCUT2D eigenvalue weighted by Gasteiger charge is -2.13. The highest BCUT2D eigenvalue weighted by Crippen LogP contribution is 2.47. The number of aliphatic hydroxyl groups is 1. The number of benzene rings is 1. The van der Waals surface area contributed by atoms with Crippen molar-refractivity contribution < 1.29 is 19.1 Å². The summed E-state index contributed by atoms with van der Waals surface area (Å²) < 4.78 is 10.8. The molecule has 2 aromatic rings. The van der Waals surface area contributed by atoms with Crippen molar-refractivity contribution >= 4 is 5.91 Å². The van der Waals surface area contributed by atoms with Crippen LogP contribution in [0.5, 0.6) is 5.75 Å². The third-order valence-corrected chi connectivity index (χ3v) is 3.98. The van der Waals surface area contributed by atoms with Gasteiger partial charge in [0.05, 0.1) is 6.26 Å². The van der Waals surface area contributed by atoms with Gasteiger partial charge in [-0.05, 0) is 43.2 Å². The van der Waals surface area contributed by atoms with Crippen LogP contribution in [-0.4, -0.2) is 30.3 Å². The summed E-state index contributed by atoms with van der Waals surface area (Å²) in [5, 5.41) is 12.7. The van der Waals surface area contributed by atoms with E-state index in [0.717, 1.165) is 23.5 Å². The first-order chi connectivity index (χ1) is 11.1. The summed E-state index contributed by atoms with van der Waals surface area (Å²) in [5.74, 6) is 1.65.